The van der Waals surface area contributed by atoms with E-state index in [1.165, 1.54) is 12.1 Å². The van der Waals surface area contributed by atoms with Crippen LogP contribution in [0.3, 0.4) is 0 Å². The van der Waals surface area contributed by atoms with Crippen molar-refractivity contribution in [1.82, 2.24) is 10.2 Å². The largest absolute Gasteiger partial charge is 0.416 e. The molecular weight excluding hydrogens is 473 g/mol. The minimum absolute atomic E-state index is 0.0568. The van der Waals surface area contributed by atoms with Crippen molar-refractivity contribution in [3.63, 3.8) is 0 Å². The highest BCUT2D eigenvalue weighted by Crippen LogP contribution is 2.31. The van der Waals surface area contributed by atoms with Gasteiger partial charge in [0.05, 0.1) is 29.2 Å². The second-order valence-electron chi connectivity index (χ2n) is 7.97. The number of halogens is 3. The molecule has 1 saturated heterocycles. The number of alkyl halides is 3. The van der Waals surface area contributed by atoms with Crippen molar-refractivity contribution in [2.24, 2.45) is 0 Å². The predicted molar refractivity (Wildman–Crippen MR) is 123 cm³/mol. The average molecular weight is 501 g/mol. The first-order valence-electron chi connectivity index (χ1n) is 10.6. The molecule has 3 rings (SSSR count). The van der Waals surface area contributed by atoms with Gasteiger partial charge in [0.25, 0.3) is 15.9 Å². The van der Waals surface area contributed by atoms with E-state index in [2.05, 4.69) is 14.9 Å². The Hall–Kier alpha value is -2.83. The van der Waals surface area contributed by atoms with Gasteiger partial charge in [0.1, 0.15) is 0 Å². The molecule has 186 valence electrons. The number of rotatable bonds is 8. The molecule has 0 aliphatic carbocycles. The molecule has 0 radical (unpaired) electrons. The van der Waals surface area contributed by atoms with Gasteiger partial charge in [0, 0.05) is 51.6 Å². The third kappa shape index (κ3) is 6.61. The maximum absolute atomic E-state index is 13.0. The van der Waals surface area contributed by atoms with Gasteiger partial charge in [-0.05, 0) is 36.4 Å². The minimum atomic E-state index is -4.68. The second kappa shape index (κ2) is 10.6. The fraction of sp³-hybridized carbons (Fsp3) is 0.409. The van der Waals surface area contributed by atoms with Crippen LogP contribution >= 0.6 is 0 Å². The normalized spacial score (nSPS) is 15.1. The molecule has 0 unspecified atom stereocenters. The van der Waals surface area contributed by atoms with E-state index >= 15 is 0 Å². The van der Waals surface area contributed by atoms with Gasteiger partial charge >= 0.3 is 6.18 Å². The van der Waals surface area contributed by atoms with Gasteiger partial charge in [0.15, 0.2) is 0 Å². The summed E-state index contributed by atoms with van der Waals surface area (Å²) in [4.78, 5) is 16.2. The Labute approximate surface area is 196 Å². The molecule has 0 bridgehead atoms. The summed E-state index contributed by atoms with van der Waals surface area (Å²) in [6.45, 7) is 3.90. The zero-order chi connectivity index (χ0) is 24.9. The lowest BCUT2D eigenvalue weighted by Gasteiger charge is -2.26. The van der Waals surface area contributed by atoms with E-state index in [1.807, 2.05) is 0 Å². The van der Waals surface area contributed by atoms with Crippen LogP contribution in [0.25, 0.3) is 0 Å². The van der Waals surface area contributed by atoms with Crippen molar-refractivity contribution in [3.8, 4) is 0 Å². The Morgan fingerprint density at radius 1 is 1.12 bits per heavy atom. The van der Waals surface area contributed by atoms with Gasteiger partial charge in [0.2, 0.25) is 0 Å². The van der Waals surface area contributed by atoms with Crippen molar-refractivity contribution >= 4 is 27.3 Å². The number of morpholine rings is 1. The number of hydrogen-bond acceptors (Lipinski definition) is 6. The molecule has 0 saturated carbocycles. The van der Waals surface area contributed by atoms with Gasteiger partial charge in [-0.25, -0.2) is 8.42 Å². The van der Waals surface area contributed by atoms with Gasteiger partial charge in [-0.3, -0.25) is 14.4 Å². The summed E-state index contributed by atoms with van der Waals surface area (Å²) in [5.41, 5.74) is -0.220. The molecule has 1 amide bonds. The smallest absolute Gasteiger partial charge is 0.379 e. The zero-order valence-electron chi connectivity index (χ0n) is 18.9. The first-order chi connectivity index (χ1) is 16.0. The van der Waals surface area contributed by atoms with Crippen LogP contribution in [0.1, 0.15) is 15.9 Å². The van der Waals surface area contributed by atoms with Gasteiger partial charge < -0.3 is 15.0 Å². The quantitative estimate of drug-likeness (QED) is 0.579. The molecule has 34 heavy (non-hydrogen) atoms. The zero-order valence-corrected chi connectivity index (χ0v) is 19.7. The molecule has 2 N–H and O–H groups in total. The van der Waals surface area contributed by atoms with E-state index in [0.717, 1.165) is 31.3 Å². The standard InChI is InChI=1S/C22H27F3N4O4S/c1-28(2)20-7-6-17(15-19(20)21(30)26-8-9-29-10-12-33-13-11-29)27-34(31,32)18-5-3-4-16(14-18)22(23,24)25/h3-7,14-15,27H,8-13H2,1-2H3,(H,26,30). The molecule has 0 atom stereocenters. The number of benzene rings is 2. The Morgan fingerprint density at radius 3 is 2.47 bits per heavy atom. The SMILES string of the molecule is CN(C)c1ccc(NS(=O)(=O)c2cccc(C(F)(F)F)c2)cc1C(=O)NCCN1CCOCC1. The molecule has 1 aliphatic rings. The fourth-order valence-electron chi connectivity index (χ4n) is 3.47. The lowest BCUT2D eigenvalue weighted by Crippen LogP contribution is -2.41. The highest BCUT2D eigenvalue weighted by molar-refractivity contribution is 7.92. The summed E-state index contributed by atoms with van der Waals surface area (Å²) in [7, 11) is -0.832. The fourth-order valence-corrected chi connectivity index (χ4v) is 4.57. The molecule has 12 heteroatoms. The van der Waals surface area contributed by atoms with Crippen molar-refractivity contribution in [1.29, 1.82) is 0 Å². The number of ether oxygens (including phenoxy) is 1. The van der Waals surface area contributed by atoms with E-state index in [1.54, 1.807) is 25.1 Å². The first kappa shape index (κ1) is 25.8. The number of sulfonamides is 1. The topological polar surface area (TPSA) is 91.0 Å². The molecule has 0 aromatic heterocycles. The Balaban J connectivity index is 1.77. The van der Waals surface area contributed by atoms with Crippen LogP contribution in [0.15, 0.2) is 47.4 Å². The molecular formula is C22H27F3N4O4S. The molecule has 1 aliphatic heterocycles. The highest BCUT2D eigenvalue weighted by Gasteiger charge is 2.31. The lowest BCUT2D eigenvalue weighted by atomic mass is 10.1. The summed E-state index contributed by atoms with van der Waals surface area (Å²) < 4.78 is 72.0. The van der Waals surface area contributed by atoms with E-state index in [0.29, 0.717) is 38.1 Å². The number of hydrogen-bond donors (Lipinski definition) is 2. The van der Waals surface area contributed by atoms with E-state index in [-0.39, 0.29) is 11.3 Å². The summed E-state index contributed by atoms with van der Waals surface area (Å²) in [5, 5.41) is 2.84. The molecule has 2 aromatic carbocycles. The number of carbonyl (C=O) groups excluding carboxylic acids is 1. The van der Waals surface area contributed by atoms with Crippen LogP contribution in [0.2, 0.25) is 0 Å². The third-order valence-corrected chi connectivity index (χ3v) is 6.64. The Kier molecular flexibility index (Phi) is 8.05. The second-order valence-corrected chi connectivity index (χ2v) is 9.65. The third-order valence-electron chi connectivity index (χ3n) is 5.26. The van der Waals surface area contributed by atoms with Gasteiger partial charge in [-0.15, -0.1) is 0 Å². The average Bonchev–Trinajstić information content (AvgIpc) is 2.79. The van der Waals surface area contributed by atoms with Crippen LogP contribution in [0.4, 0.5) is 24.5 Å². The predicted octanol–water partition coefficient (Wildman–Crippen LogP) is 2.63. The molecule has 1 fully saturated rings. The maximum atomic E-state index is 13.0. The monoisotopic (exact) mass is 500 g/mol. The molecule has 0 spiro atoms. The highest BCUT2D eigenvalue weighted by atomic mass is 32.2. The first-order valence-corrected chi connectivity index (χ1v) is 12.1. The summed E-state index contributed by atoms with van der Waals surface area (Å²) in [5.74, 6) is -0.392. The number of amides is 1. The minimum Gasteiger partial charge on any atom is -0.379 e. The lowest BCUT2D eigenvalue weighted by molar-refractivity contribution is -0.137. The van der Waals surface area contributed by atoms with Crippen LogP contribution in [-0.2, 0) is 20.9 Å². The van der Waals surface area contributed by atoms with E-state index in [9.17, 15) is 26.4 Å². The number of nitrogens with zero attached hydrogens (tertiary/aromatic N) is 2. The van der Waals surface area contributed by atoms with Crippen molar-refractivity contribution in [3.05, 3.63) is 53.6 Å². The number of anilines is 2. The van der Waals surface area contributed by atoms with Crippen LogP contribution in [0.5, 0.6) is 0 Å². The number of carbonyl (C=O) groups is 1. The van der Waals surface area contributed by atoms with E-state index < -0.39 is 32.6 Å². The van der Waals surface area contributed by atoms with Crippen molar-refractivity contribution < 1.29 is 31.1 Å². The Bertz CT molecular complexity index is 1120. The van der Waals surface area contributed by atoms with Crippen LogP contribution in [-0.4, -0.2) is 72.7 Å². The molecule has 1 heterocycles. The van der Waals surface area contributed by atoms with Crippen molar-refractivity contribution in [2.45, 2.75) is 11.1 Å². The molecule has 8 nitrogen and oxygen atoms in total. The van der Waals surface area contributed by atoms with E-state index in [4.69, 9.17) is 4.74 Å². The maximum Gasteiger partial charge on any atom is 0.416 e. The van der Waals surface area contributed by atoms with Crippen molar-refractivity contribution in [2.75, 3.05) is 63.1 Å². The van der Waals surface area contributed by atoms with Gasteiger partial charge in [-0.1, -0.05) is 6.07 Å². The van der Waals surface area contributed by atoms with Crippen LogP contribution < -0.4 is 14.9 Å². The summed E-state index contributed by atoms with van der Waals surface area (Å²) in [6, 6.07) is 7.85. The number of nitrogens with one attached hydrogen (secondary N) is 2. The summed E-state index contributed by atoms with van der Waals surface area (Å²) >= 11 is 0. The van der Waals surface area contributed by atoms with Crippen LogP contribution in [0, 0.1) is 0 Å². The molecule has 2 aromatic rings. The summed E-state index contributed by atoms with van der Waals surface area (Å²) in [6.07, 6.45) is -4.68. The Morgan fingerprint density at radius 2 is 1.82 bits per heavy atom. The van der Waals surface area contributed by atoms with Gasteiger partial charge in [-0.2, -0.15) is 13.2 Å².